The summed E-state index contributed by atoms with van der Waals surface area (Å²) < 4.78 is 0. The number of carbonyl (C=O) groups is 1. The van der Waals surface area contributed by atoms with Crippen molar-refractivity contribution >= 4 is 6.09 Å². The van der Waals surface area contributed by atoms with Crippen LogP contribution >= 0.6 is 0 Å². The summed E-state index contributed by atoms with van der Waals surface area (Å²) in [5.74, 6) is 0. The first kappa shape index (κ1) is 15.0. The molecule has 0 aliphatic carbocycles. The average molecular weight is 286 g/mol. The first-order valence-corrected chi connectivity index (χ1v) is 6.71. The third kappa shape index (κ3) is 3.79. The molecule has 5 heteroatoms. The third-order valence-corrected chi connectivity index (χ3v) is 3.44. The summed E-state index contributed by atoms with van der Waals surface area (Å²) in [4.78, 5) is 16.6. The predicted octanol–water partition coefficient (Wildman–Crippen LogP) is 2.68. The molecule has 21 heavy (non-hydrogen) atoms. The second kappa shape index (κ2) is 6.85. The lowest BCUT2D eigenvalue weighted by molar-refractivity contribution is 0.0517. The fourth-order valence-electron chi connectivity index (χ4n) is 2.18. The summed E-state index contributed by atoms with van der Waals surface area (Å²) in [7, 11) is 0. The van der Waals surface area contributed by atoms with Crippen LogP contribution in [0.4, 0.5) is 4.79 Å². The highest BCUT2D eigenvalue weighted by Gasteiger charge is 2.26. The SMILES string of the molecule is C[C@@H]([C@@H](O)c1ccncc1)N(Cc1ccccc1)C(=O)O. The minimum absolute atomic E-state index is 0.236. The number of aromatic nitrogens is 1. The zero-order chi connectivity index (χ0) is 15.2. The fourth-order valence-corrected chi connectivity index (χ4v) is 2.18. The molecule has 2 rings (SSSR count). The highest BCUT2D eigenvalue weighted by molar-refractivity contribution is 5.65. The lowest BCUT2D eigenvalue weighted by Gasteiger charge is -2.30. The van der Waals surface area contributed by atoms with Crippen LogP contribution in [0.1, 0.15) is 24.2 Å². The quantitative estimate of drug-likeness (QED) is 0.886. The van der Waals surface area contributed by atoms with Crippen molar-refractivity contribution in [1.29, 1.82) is 0 Å². The van der Waals surface area contributed by atoms with E-state index < -0.39 is 18.2 Å². The molecule has 0 radical (unpaired) electrons. The Bertz CT molecular complexity index is 575. The van der Waals surface area contributed by atoms with E-state index in [0.717, 1.165) is 5.56 Å². The zero-order valence-corrected chi connectivity index (χ0v) is 11.8. The van der Waals surface area contributed by atoms with Gasteiger partial charge in [-0.15, -0.1) is 0 Å². The molecular weight excluding hydrogens is 268 g/mol. The Kier molecular flexibility index (Phi) is 4.90. The maximum atomic E-state index is 11.5. The Morgan fingerprint density at radius 2 is 1.81 bits per heavy atom. The van der Waals surface area contributed by atoms with Gasteiger partial charge in [-0.2, -0.15) is 0 Å². The summed E-state index contributed by atoms with van der Waals surface area (Å²) in [5.41, 5.74) is 1.53. The maximum absolute atomic E-state index is 11.5. The van der Waals surface area contributed by atoms with E-state index >= 15 is 0 Å². The molecule has 2 aromatic rings. The van der Waals surface area contributed by atoms with E-state index in [-0.39, 0.29) is 6.54 Å². The number of rotatable bonds is 5. The van der Waals surface area contributed by atoms with Gasteiger partial charge < -0.3 is 10.2 Å². The Labute approximate surface area is 123 Å². The van der Waals surface area contributed by atoms with Crippen LogP contribution in [0.2, 0.25) is 0 Å². The summed E-state index contributed by atoms with van der Waals surface area (Å²) in [6.07, 6.45) is 1.20. The Morgan fingerprint density at radius 3 is 2.38 bits per heavy atom. The molecule has 0 bridgehead atoms. The van der Waals surface area contributed by atoms with Crippen molar-refractivity contribution in [2.75, 3.05) is 0 Å². The van der Waals surface area contributed by atoms with Gasteiger partial charge in [-0.25, -0.2) is 4.79 Å². The van der Waals surface area contributed by atoms with Crippen molar-refractivity contribution in [3.63, 3.8) is 0 Å². The van der Waals surface area contributed by atoms with E-state index in [1.807, 2.05) is 30.3 Å². The van der Waals surface area contributed by atoms with Crippen LogP contribution in [0.3, 0.4) is 0 Å². The normalized spacial score (nSPS) is 13.4. The summed E-state index contributed by atoms with van der Waals surface area (Å²) in [6, 6.07) is 12.1. The second-order valence-electron chi connectivity index (χ2n) is 4.86. The van der Waals surface area contributed by atoms with E-state index in [9.17, 15) is 15.0 Å². The third-order valence-electron chi connectivity index (χ3n) is 3.44. The number of benzene rings is 1. The fraction of sp³-hybridized carbons (Fsp3) is 0.250. The van der Waals surface area contributed by atoms with Crippen molar-refractivity contribution in [3.05, 3.63) is 66.0 Å². The standard InChI is InChI=1S/C16H18N2O3/c1-12(15(19)14-7-9-17-10-8-14)18(16(20)21)11-13-5-3-2-4-6-13/h2-10,12,15,19H,11H2,1H3,(H,20,21)/t12-,15+/m0/s1. The molecule has 0 aliphatic heterocycles. The van der Waals surface area contributed by atoms with Gasteiger partial charge in [0.1, 0.15) is 0 Å². The molecule has 0 unspecified atom stereocenters. The van der Waals surface area contributed by atoms with E-state index in [2.05, 4.69) is 4.98 Å². The molecule has 0 saturated heterocycles. The van der Waals surface area contributed by atoms with Gasteiger partial charge in [-0.1, -0.05) is 30.3 Å². The molecule has 1 aromatic heterocycles. The molecule has 1 amide bonds. The van der Waals surface area contributed by atoms with Crippen molar-refractivity contribution in [3.8, 4) is 0 Å². The Morgan fingerprint density at radius 1 is 1.19 bits per heavy atom. The number of pyridine rings is 1. The van der Waals surface area contributed by atoms with Crippen LogP contribution in [0.15, 0.2) is 54.9 Å². The second-order valence-corrected chi connectivity index (χ2v) is 4.86. The summed E-state index contributed by atoms with van der Waals surface area (Å²) in [5, 5.41) is 19.8. The van der Waals surface area contributed by atoms with Crippen LogP contribution in [-0.2, 0) is 6.54 Å². The van der Waals surface area contributed by atoms with E-state index in [1.54, 1.807) is 31.5 Å². The van der Waals surface area contributed by atoms with Crippen molar-refractivity contribution in [2.24, 2.45) is 0 Å². The molecule has 0 aliphatic rings. The number of hydrogen-bond donors (Lipinski definition) is 2. The molecule has 0 fully saturated rings. The number of nitrogens with zero attached hydrogens (tertiary/aromatic N) is 2. The largest absolute Gasteiger partial charge is 0.465 e. The first-order valence-electron chi connectivity index (χ1n) is 6.71. The van der Waals surface area contributed by atoms with Crippen LogP contribution < -0.4 is 0 Å². The van der Waals surface area contributed by atoms with Gasteiger partial charge in [0.15, 0.2) is 0 Å². The number of amides is 1. The smallest absolute Gasteiger partial charge is 0.407 e. The van der Waals surface area contributed by atoms with Crippen LogP contribution in [0, 0.1) is 0 Å². The van der Waals surface area contributed by atoms with Gasteiger partial charge in [0, 0.05) is 18.9 Å². The van der Waals surface area contributed by atoms with Gasteiger partial charge in [0.2, 0.25) is 0 Å². The zero-order valence-electron chi connectivity index (χ0n) is 11.8. The highest BCUT2D eigenvalue weighted by atomic mass is 16.4. The number of aliphatic hydroxyl groups is 1. The lowest BCUT2D eigenvalue weighted by atomic mass is 10.0. The van der Waals surface area contributed by atoms with E-state index in [1.165, 1.54) is 4.90 Å². The number of hydrogen-bond acceptors (Lipinski definition) is 3. The average Bonchev–Trinajstić information content (AvgIpc) is 2.53. The van der Waals surface area contributed by atoms with Crippen molar-refractivity contribution in [2.45, 2.75) is 25.6 Å². The molecule has 1 aromatic carbocycles. The molecule has 0 spiro atoms. The molecule has 5 nitrogen and oxygen atoms in total. The highest BCUT2D eigenvalue weighted by Crippen LogP contribution is 2.22. The van der Waals surface area contributed by atoms with Crippen LogP contribution in [-0.4, -0.2) is 32.2 Å². The van der Waals surface area contributed by atoms with Crippen molar-refractivity contribution in [1.82, 2.24) is 9.88 Å². The molecule has 1 heterocycles. The van der Waals surface area contributed by atoms with Crippen LogP contribution in [0.5, 0.6) is 0 Å². The summed E-state index contributed by atoms with van der Waals surface area (Å²) >= 11 is 0. The Balaban J connectivity index is 2.16. The van der Waals surface area contributed by atoms with Crippen molar-refractivity contribution < 1.29 is 15.0 Å². The van der Waals surface area contributed by atoms with Gasteiger partial charge in [0.25, 0.3) is 0 Å². The Hall–Kier alpha value is -2.40. The molecule has 0 saturated carbocycles. The van der Waals surface area contributed by atoms with Gasteiger partial charge >= 0.3 is 6.09 Å². The van der Waals surface area contributed by atoms with E-state index in [0.29, 0.717) is 5.56 Å². The monoisotopic (exact) mass is 286 g/mol. The lowest BCUT2D eigenvalue weighted by Crippen LogP contribution is -2.40. The molecule has 2 atom stereocenters. The minimum Gasteiger partial charge on any atom is -0.465 e. The van der Waals surface area contributed by atoms with Gasteiger partial charge in [-0.05, 0) is 30.2 Å². The maximum Gasteiger partial charge on any atom is 0.407 e. The number of carboxylic acid groups (broad SMARTS) is 1. The summed E-state index contributed by atoms with van der Waals surface area (Å²) in [6.45, 7) is 1.93. The molecular formula is C16H18N2O3. The van der Waals surface area contributed by atoms with E-state index in [4.69, 9.17) is 0 Å². The first-order chi connectivity index (χ1) is 10.1. The van der Waals surface area contributed by atoms with Gasteiger partial charge in [0.05, 0.1) is 12.1 Å². The molecule has 110 valence electrons. The molecule has 2 N–H and O–H groups in total. The predicted molar refractivity (Wildman–Crippen MR) is 78.7 cm³/mol. The van der Waals surface area contributed by atoms with Gasteiger partial charge in [-0.3, -0.25) is 9.88 Å². The van der Waals surface area contributed by atoms with Crippen LogP contribution in [0.25, 0.3) is 0 Å². The minimum atomic E-state index is -1.06. The topological polar surface area (TPSA) is 73.7 Å². The number of aliphatic hydroxyl groups excluding tert-OH is 1.